The number of fused-ring (bicyclic) bond motifs is 1. The van der Waals surface area contributed by atoms with Gasteiger partial charge in [0.2, 0.25) is 0 Å². The van der Waals surface area contributed by atoms with Gasteiger partial charge in [-0.1, -0.05) is 30.3 Å². The molecule has 0 radical (unpaired) electrons. The first-order valence-electron chi connectivity index (χ1n) is 10.4. The molecular formula is C24H23N3O4S. The normalized spacial score (nSPS) is 19.8. The molecule has 32 heavy (non-hydrogen) atoms. The lowest BCUT2D eigenvalue weighted by Crippen LogP contribution is -2.51. The maximum absolute atomic E-state index is 13.3. The second-order valence-corrected chi connectivity index (χ2v) is 8.89. The smallest absolute Gasteiger partial charge is 0.325 e. The molecule has 1 fully saturated rings. The topological polar surface area (TPSA) is 80.8 Å². The molecule has 2 heterocycles. The molecule has 7 nitrogen and oxygen atoms in total. The number of urea groups is 1. The fraction of sp³-hybridized carbons (Fsp3) is 0.292. The third kappa shape index (κ3) is 3.31. The van der Waals surface area contributed by atoms with Crippen molar-refractivity contribution in [3.8, 4) is 22.1 Å². The quantitative estimate of drug-likeness (QED) is 0.599. The first-order valence-corrected chi connectivity index (χ1v) is 11.3. The van der Waals surface area contributed by atoms with E-state index >= 15 is 0 Å². The molecule has 3 aromatic rings. The van der Waals surface area contributed by atoms with Gasteiger partial charge >= 0.3 is 6.03 Å². The molecule has 164 valence electrons. The van der Waals surface area contributed by atoms with E-state index in [4.69, 9.17) is 9.47 Å². The highest BCUT2D eigenvalue weighted by Gasteiger charge is 2.52. The Morgan fingerprint density at radius 2 is 1.91 bits per heavy atom. The van der Waals surface area contributed by atoms with E-state index in [1.54, 1.807) is 14.2 Å². The molecule has 1 aliphatic carbocycles. The SMILES string of the molecule is COc1cccc(-c2nc(CN3C(=O)NC4(CCc5ccccc5C4)C3=O)cs2)c1OC. The molecule has 1 aromatic heterocycles. The van der Waals surface area contributed by atoms with Crippen molar-refractivity contribution in [1.29, 1.82) is 0 Å². The number of hydrogen-bond acceptors (Lipinski definition) is 6. The van der Waals surface area contributed by atoms with Gasteiger partial charge in [-0.15, -0.1) is 11.3 Å². The van der Waals surface area contributed by atoms with Crippen molar-refractivity contribution in [2.24, 2.45) is 0 Å². The van der Waals surface area contributed by atoms with E-state index in [1.807, 2.05) is 41.8 Å². The largest absolute Gasteiger partial charge is 0.493 e. The van der Waals surface area contributed by atoms with Gasteiger partial charge in [-0.2, -0.15) is 0 Å². The van der Waals surface area contributed by atoms with Crippen LogP contribution in [0, 0.1) is 0 Å². The van der Waals surface area contributed by atoms with E-state index in [9.17, 15) is 9.59 Å². The molecule has 5 rings (SSSR count). The molecule has 1 atom stereocenters. The van der Waals surface area contributed by atoms with Crippen LogP contribution in [-0.4, -0.2) is 41.6 Å². The van der Waals surface area contributed by atoms with Crippen LogP contribution in [0.5, 0.6) is 11.5 Å². The van der Waals surface area contributed by atoms with Crippen LogP contribution in [0.2, 0.25) is 0 Å². The highest BCUT2D eigenvalue weighted by atomic mass is 32.1. The minimum atomic E-state index is -0.861. The average Bonchev–Trinajstić information content (AvgIpc) is 3.37. The Morgan fingerprint density at radius 1 is 1.09 bits per heavy atom. The molecule has 2 aromatic carbocycles. The van der Waals surface area contributed by atoms with Gasteiger partial charge < -0.3 is 14.8 Å². The lowest BCUT2D eigenvalue weighted by atomic mass is 9.78. The Labute approximate surface area is 190 Å². The molecule has 1 aliphatic heterocycles. The molecule has 8 heteroatoms. The zero-order valence-corrected chi connectivity index (χ0v) is 18.7. The number of aromatic nitrogens is 1. The standard InChI is InChI=1S/C24H23N3O4S/c1-30-19-9-5-8-18(20(19)31-2)21-25-17(14-32-21)13-27-22(28)24(26-23(27)29)11-10-15-6-3-4-7-16(15)12-24/h3-9,14H,10-13H2,1-2H3,(H,26,29). The summed E-state index contributed by atoms with van der Waals surface area (Å²) in [5.74, 6) is 1.05. The molecule has 1 N–H and O–H groups in total. The summed E-state index contributed by atoms with van der Waals surface area (Å²) < 4.78 is 10.9. The van der Waals surface area contributed by atoms with E-state index in [2.05, 4.69) is 16.4 Å². The van der Waals surface area contributed by atoms with E-state index in [-0.39, 0.29) is 18.5 Å². The highest BCUT2D eigenvalue weighted by Crippen LogP contribution is 2.39. The number of aryl methyl sites for hydroxylation is 1. The monoisotopic (exact) mass is 449 g/mol. The molecular weight excluding hydrogens is 426 g/mol. The third-order valence-corrected chi connectivity index (χ3v) is 7.11. The maximum Gasteiger partial charge on any atom is 0.325 e. The Balaban J connectivity index is 1.38. The number of hydrogen-bond donors (Lipinski definition) is 1. The fourth-order valence-electron chi connectivity index (χ4n) is 4.57. The number of thiazole rings is 1. The molecule has 3 amide bonds. The summed E-state index contributed by atoms with van der Waals surface area (Å²) in [5, 5.41) is 5.59. The molecule has 1 unspecified atom stereocenters. The van der Waals surface area contributed by atoms with Crippen LogP contribution >= 0.6 is 11.3 Å². The summed E-state index contributed by atoms with van der Waals surface area (Å²) in [6.45, 7) is 0.136. The lowest BCUT2D eigenvalue weighted by Gasteiger charge is -2.32. The number of rotatable bonds is 5. The third-order valence-electron chi connectivity index (χ3n) is 6.18. The van der Waals surface area contributed by atoms with Crippen molar-refractivity contribution in [1.82, 2.24) is 15.2 Å². The number of nitrogens with zero attached hydrogens (tertiary/aromatic N) is 2. The summed E-state index contributed by atoms with van der Waals surface area (Å²) in [6.07, 6.45) is 1.90. The van der Waals surface area contributed by atoms with Crippen LogP contribution in [0.15, 0.2) is 47.8 Å². The Morgan fingerprint density at radius 3 is 2.69 bits per heavy atom. The van der Waals surface area contributed by atoms with Gasteiger partial charge in [0.15, 0.2) is 11.5 Å². The predicted octanol–water partition coefficient (Wildman–Crippen LogP) is 3.81. The summed E-state index contributed by atoms with van der Waals surface area (Å²) in [7, 11) is 3.18. The van der Waals surface area contributed by atoms with Gasteiger partial charge in [0, 0.05) is 11.8 Å². The zero-order chi connectivity index (χ0) is 22.3. The average molecular weight is 450 g/mol. The Hall–Kier alpha value is -3.39. The van der Waals surface area contributed by atoms with Gasteiger partial charge in [0.05, 0.1) is 32.0 Å². The molecule has 0 saturated carbocycles. The van der Waals surface area contributed by atoms with Gasteiger partial charge in [-0.05, 0) is 36.1 Å². The summed E-state index contributed by atoms with van der Waals surface area (Å²) in [4.78, 5) is 32.1. The molecule has 1 saturated heterocycles. The summed E-state index contributed by atoms with van der Waals surface area (Å²) in [5.41, 5.74) is 2.97. The van der Waals surface area contributed by atoms with Crippen LogP contribution in [0.3, 0.4) is 0 Å². The number of benzene rings is 2. The van der Waals surface area contributed by atoms with Crippen LogP contribution < -0.4 is 14.8 Å². The van der Waals surface area contributed by atoms with Crippen LogP contribution in [0.4, 0.5) is 4.79 Å². The van der Waals surface area contributed by atoms with Crippen molar-refractivity contribution < 1.29 is 19.1 Å². The number of carbonyl (C=O) groups excluding carboxylic acids is 2. The number of imide groups is 1. The first kappa shape index (κ1) is 20.5. The van der Waals surface area contributed by atoms with E-state index in [1.165, 1.54) is 21.8 Å². The summed E-state index contributed by atoms with van der Waals surface area (Å²) >= 11 is 1.44. The number of carbonyl (C=O) groups is 2. The summed E-state index contributed by atoms with van der Waals surface area (Å²) in [6, 6.07) is 13.4. The van der Waals surface area contributed by atoms with Gasteiger partial charge in [0.1, 0.15) is 10.5 Å². The number of ether oxygens (including phenoxy) is 2. The Kier molecular flexibility index (Phi) is 5.09. The second-order valence-electron chi connectivity index (χ2n) is 8.03. The van der Waals surface area contributed by atoms with Gasteiger partial charge in [0.25, 0.3) is 5.91 Å². The van der Waals surface area contributed by atoms with Crippen molar-refractivity contribution >= 4 is 23.3 Å². The van der Waals surface area contributed by atoms with Crippen molar-refractivity contribution in [2.75, 3.05) is 14.2 Å². The van der Waals surface area contributed by atoms with Gasteiger partial charge in [-0.3, -0.25) is 9.69 Å². The zero-order valence-electron chi connectivity index (χ0n) is 17.9. The fourth-order valence-corrected chi connectivity index (χ4v) is 5.40. The minimum Gasteiger partial charge on any atom is -0.493 e. The van der Waals surface area contributed by atoms with Crippen molar-refractivity contribution in [3.63, 3.8) is 0 Å². The number of nitrogens with one attached hydrogen (secondary N) is 1. The van der Waals surface area contributed by atoms with Crippen molar-refractivity contribution in [2.45, 2.75) is 31.3 Å². The van der Waals surface area contributed by atoms with Crippen LogP contribution in [0.25, 0.3) is 10.6 Å². The van der Waals surface area contributed by atoms with E-state index < -0.39 is 5.54 Å². The van der Waals surface area contributed by atoms with E-state index in [0.717, 1.165) is 22.6 Å². The number of amides is 3. The first-order chi connectivity index (χ1) is 15.5. The van der Waals surface area contributed by atoms with Crippen LogP contribution in [-0.2, 0) is 24.2 Å². The van der Waals surface area contributed by atoms with E-state index in [0.29, 0.717) is 30.0 Å². The number of para-hydroxylation sites is 1. The highest BCUT2D eigenvalue weighted by molar-refractivity contribution is 7.13. The lowest BCUT2D eigenvalue weighted by molar-refractivity contribution is -0.132. The van der Waals surface area contributed by atoms with Crippen molar-refractivity contribution in [3.05, 3.63) is 64.7 Å². The second kappa shape index (κ2) is 7.94. The molecule has 0 bridgehead atoms. The molecule has 2 aliphatic rings. The molecule has 1 spiro atoms. The van der Waals surface area contributed by atoms with Gasteiger partial charge in [-0.25, -0.2) is 9.78 Å². The van der Waals surface area contributed by atoms with Crippen LogP contribution in [0.1, 0.15) is 23.2 Å². The predicted molar refractivity (Wildman–Crippen MR) is 121 cm³/mol. The maximum atomic E-state index is 13.3. The Bertz CT molecular complexity index is 1210. The minimum absolute atomic E-state index is 0.136. The number of methoxy groups -OCH3 is 2.